The summed E-state index contributed by atoms with van der Waals surface area (Å²) in [7, 11) is -0.854. The summed E-state index contributed by atoms with van der Waals surface area (Å²) in [4.78, 5) is 18.4. The van der Waals surface area contributed by atoms with Crippen LogP contribution in [0.1, 0.15) is 5.69 Å². The molecule has 1 amide bonds. The Bertz CT molecular complexity index is 827. The van der Waals surface area contributed by atoms with Crippen LogP contribution in [0.5, 0.6) is 0 Å². The first kappa shape index (κ1) is 20.8. The minimum Gasteiger partial charge on any atom is -0.383 e. The molecule has 0 aliphatic heterocycles. The van der Waals surface area contributed by atoms with Gasteiger partial charge in [0, 0.05) is 26.9 Å². The van der Waals surface area contributed by atoms with Crippen LogP contribution in [0.3, 0.4) is 0 Å². The molecule has 0 fully saturated rings. The number of aromatic nitrogens is 1. The fraction of sp³-hybridized carbons (Fsp3) is 0.375. The Hall–Kier alpha value is -1.52. The van der Waals surface area contributed by atoms with Gasteiger partial charge in [0.1, 0.15) is 4.21 Å². The first-order valence-corrected chi connectivity index (χ1v) is 10.4. The maximum Gasteiger partial charge on any atom is 0.252 e. The van der Waals surface area contributed by atoms with Crippen molar-refractivity contribution in [2.45, 2.75) is 10.8 Å². The molecule has 0 saturated heterocycles. The molecule has 7 nitrogen and oxygen atoms in total. The van der Waals surface area contributed by atoms with Crippen LogP contribution in [0, 0.1) is 0 Å². The normalized spacial score (nSPS) is 11.7. The van der Waals surface area contributed by atoms with E-state index < -0.39 is 10.0 Å². The maximum atomic E-state index is 12.7. The summed E-state index contributed by atoms with van der Waals surface area (Å²) in [6, 6.07) is 8.37. The van der Waals surface area contributed by atoms with Gasteiger partial charge in [0.2, 0.25) is 5.91 Å². The number of amides is 1. The minimum absolute atomic E-state index is 0.103. The largest absolute Gasteiger partial charge is 0.383 e. The van der Waals surface area contributed by atoms with Gasteiger partial charge in [-0.2, -0.15) is 4.31 Å². The molecule has 0 aromatic carbocycles. The Morgan fingerprint density at radius 3 is 2.65 bits per heavy atom. The number of likely N-dealkylation sites (N-methyl/N-ethyl adjacent to an activating group) is 1. The Morgan fingerprint density at radius 1 is 1.31 bits per heavy atom. The molecule has 10 heteroatoms. The van der Waals surface area contributed by atoms with E-state index in [2.05, 4.69) is 4.98 Å². The highest BCUT2D eigenvalue weighted by Crippen LogP contribution is 2.27. The molecule has 0 saturated carbocycles. The molecule has 0 atom stereocenters. The summed E-state index contributed by atoms with van der Waals surface area (Å²) in [5, 5.41) is 0. The number of nitrogens with zero attached hydrogens (tertiary/aromatic N) is 3. The predicted molar refractivity (Wildman–Crippen MR) is 101 cm³/mol. The third kappa shape index (κ3) is 5.49. The van der Waals surface area contributed by atoms with E-state index >= 15 is 0 Å². The van der Waals surface area contributed by atoms with E-state index in [1.807, 2.05) is 6.07 Å². The molecule has 2 heterocycles. The molecule has 0 radical (unpaired) electrons. The Morgan fingerprint density at radius 2 is 2.08 bits per heavy atom. The number of hydrogen-bond acceptors (Lipinski definition) is 6. The number of thiophene rings is 1. The molecular formula is C16H20ClN3O4S2. The number of hydrogen-bond donors (Lipinski definition) is 0. The van der Waals surface area contributed by atoms with Crippen LogP contribution >= 0.6 is 22.9 Å². The third-order valence-electron chi connectivity index (χ3n) is 3.57. The Kier molecular flexibility index (Phi) is 7.54. The second-order valence-corrected chi connectivity index (χ2v) is 9.44. The second kappa shape index (κ2) is 9.43. The van der Waals surface area contributed by atoms with Crippen LogP contribution in [-0.2, 0) is 26.1 Å². The van der Waals surface area contributed by atoms with Crippen molar-refractivity contribution in [3.05, 3.63) is 46.6 Å². The van der Waals surface area contributed by atoms with Crippen LogP contribution in [-0.4, -0.2) is 62.4 Å². The summed E-state index contributed by atoms with van der Waals surface area (Å²) in [6.45, 7) is 0.677. The van der Waals surface area contributed by atoms with Gasteiger partial charge in [-0.3, -0.25) is 9.78 Å². The van der Waals surface area contributed by atoms with Crippen LogP contribution in [0.2, 0.25) is 4.34 Å². The van der Waals surface area contributed by atoms with Crippen molar-refractivity contribution >= 4 is 38.9 Å². The number of carbonyl (C=O) groups excluding carboxylic acids is 1. The summed E-state index contributed by atoms with van der Waals surface area (Å²) >= 11 is 6.77. The monoisotopic (exact) mass is 417 g/mol. The van der Waals surface area contributed by atoms with Gasteiger partial charge in [-0.25, -0.2) is 8.42 Å². The quantitative estimate of drug-likeness (QED) is 0.624. The fourth-order valence-electron chi connectivity index (χ4n) is 2.15. The SMILES string of the molecule is COCCN(Cc1ccccn1)C(=O)CN(C)S(=O)(=O)c1ccc(Cl)s1. The smallest absolute Gasteiger partial charge is 0.252 e. The van der Waals surface area contributed by atoms with Crippen molar-refractivity contribution in [3.8, 4) is 0 Å². The van der Waals surface area contributed by atoms with Crippen molar-refractivity contribution in [1.82, 2.24) is 14.2 Å². The van der Waals surface area contributed by atoms with Crippen LogP contribution in [0.25, 0.3) is 0 Å². The van der Waals surface area contributed by atoms with Gasteiger partial charge in [0.25, 0.3) is 10.0 Å². The lowest BCUT2D eigenvalue weighted by molar-refractivity contribution is -0.132. The average Bonchev–Trinajstić information content (AvgIpc) is 3.06. The lowest BCUT2D eigenvalue weighted by Crippen LogP contribution is -2.42. The first-order chi connectivity index (χ1) is 12.3. The minimum atomic E-state index is -3.77. The maximum absolute atomic E-state index is 12.7. The second-order valence-electron chi connectivity index (χ2n) is 5.45. The standard InChI is InChI=1S/C16H20ClN3O4S2/c1-19(26(22,23)16-7-6-14(17)25-16)12-15(21)20(9-10-24-2)11-13-5-3-4-8-18-13/h3-8H,9-12H2,1-2H3. The number of carbonyl (C=O) groups is 1. The van der Waals surface area contributed by atoms with Crippen molar-refractivity contribution in [2.24, 2.45) is 0 Å². The zero-order chi connectivity index (χ0) is 19.2. The number of pyridine rings is 1. The predicted octanol–water partition coefficient (Wildman–Crippen LogP) is 2.09. The Balaban J connectivity index is 2.09. The molecule has 0 unspecified atom stereocenters. The lowest BCUT2D eigenvalue weighted by Gasteiger charge is -2.24. The van der Waals surface area contributed by atoms with E-state index in [0.717, 1.165) is 15.6 Å². The van der Waals surface area contributed by atoms with E-state index in [-0.39, 0.29) is 23.2 Å². The molecular weight excluding hydrogens is 398 g/mol. The number of sulfonamides is 1. The first-order valence-electron chi connectivity index (χ1n) is 7.73. The highest BCUT2D eigenvalue weighted by Gasteiger charge is 2.26. The Labute approximate surface area is 162 Å². The van der Waals surface area contributed by atoms with Crippen molar-refractivity contribution in [2.75, 3.05) is 33.9 Å². The summed E-state index contributed by atoms with van der Waals surface area (Å²) < 4.78 is 31.6. The van der Waals surface area contributed by atoms with Crippen LogP contribution < -0.4 is 0 Å². The molecule has 2 aromatic heterocycles. The highest BCUT2D eigenvalue weighted by molar-refractivity contribution is 7.91. The lowest BCUT2D eigenvalue weighted by atomic mass is 10.3. The van der Waals surface area contributed by atoms with Gasteiger partial charge in [-0.1, -0.05) is 17.7 Å². The highest BCUT2D eigenvalue weighted by atomic mass is 35.5. The molecule has 0 bridgehead atoms. The summed E-state index contributed by atoms with van der Waals surface area (Å²) in [6.07, 6.45) is 1.64. The van der Waals surface area contributed by atoms with Crippen LogP contribution in [0.15, 0.2) is 40.7 Å². The van der Waals surface area contributed by atoms with Gasteiger partial charge < -0.3 is 9.64 Å². The molecule has 0 aliphatic rings. The molecule has 0 N–H and O–H groups in total. The van der Waals surface area contributed by atoms with Crippen molar-refractivity contribution in [1.29, 1.82) is 0 Å². The van der Waals surface area contributed by atoms with E-state index in [1.165, 1.54) is 24.1 Å². The van der Waals surface area contributed by atoms with E-state index in [0.29, 0.717) is 23.2 Å². The molecule has 0 aliphatic carbocycles. The topological polar surface area (TPSA) is 79.8 Å². The van der Waals surface area contributed by atoms with Gasteiger partial charge >= 0.3 is 0 Å². The molecule has 2 aromatic rings. The van der Waals surface area contributed by atoms with Crippen molar-refractivity contribution in [3.63, 3.8) is 0 Å². The number of rotatable bonds is 9. The number of ether oxygens (including phenoxy) is 1. The third-order valence-corrected chi connectivity index (χ3v) is 7.07. The molecule has 0 spiro atoms. The molecule has 26 heavy (non-hydrogen) atoms. The zero-order valence-electron chi connectivity index (χ0n) is 14.5. The summed E-state index contributed by atoms with van der Waals surface area (Å²) in [5.41, 5.74) is 0.715. The average molecular weight is 418 g/mol. The fourth-order valence-corrected chi connectivity index (χ4v) is 4.96. The van der Waals surface area contributed by atoms with E-state index in [9.17, 15) is 13.2 Å². The summed E-state index contributed by atoms with van der Waals surface area (Å²) in [5.74, 6) is -0.332. The molecule has 142 valence electrons. The van der Waals surface area contributed by atoms with E-state index in [4.69, 9.17) is 16.3 Å². The van der Waals surface area contributed by atoms with Gasteiger partial charge in [-0.05, 0) is 24.3 Å². The van der Waals surface area contributed by atoms with Crippen molar-refractivity contribution < 1.29 is 17.9 Å². The van der Waals surface area contributed by atoms with Gasteiger partial charge in [0.15, 0.2) is 0 Å². The zero-order valence-corrected chi connectivity index (χ0v) is 16.9. The van der Waals surface area contributed by atoms with Gasteiger partial charge in [-0.15, -0.1) is 11.3 Å². The van der Waals surface area contributed by atoms with Gasteiger partial charge in [0.05, 0.1) is 29.7 Å². The number of methoxy groups -OCH3 is 1. The number of halogens is 1. The van der Waals surface area contributed by atoms with E-state index in [1.54, 1.807) is 25.4 Å². The van der Waals surface area contributed by atoms with Crippen LogP contribution in [0.4, 0.5) is 0 Å². The molecule has 2 rings (SSSR count).